The van der Waals surface area contributed by atoms with Crippen molar-refractivity contribution in [3.05, 3.63) is 59.2 Å². The molecular weight excluding hydrogens is 302 g/mol. The maximum Gasteiger partial charge on any atom is 0.255 e. The Morgan fingerprint density at radius 3 is 2.75 bits per heavy atom. The molecule has 0 radical (unpaired) electrons. The van der Waals surface area contributed by atoms with Crippen molar-refractivity contribution < 1.29 is 9.59 Å². The summed E-state index contributed by atoms with van der Waals surface area (Å²) in [6.45, 7) is 2.67. The fraction of sp³-hybridized carbons (Fsp3) is 0.211. The molecule has 1 saturated heterocycles. The molecule has 1 heterocycles. The third kappa shape index (κ3) is 3.13. The number of hydrogen-bond donors (Lipinski definition) is 1. The van der Waals surface area contributed by atoms with Gasteiger partial charge in [0.1, 0.15) is 0 Å². The lowest BCUT2D eigenvalue weighted by molar-refractivity contribution is -0.117. The lowest BCUT2D eigenvalue weighted by Gasteiger charge is -2.19. The summed E-state index contributed by atoms with van der Waals surface area (Å²) in [4.78, 5) is 26.0. The van der Waals surface area contributed by atoms with Crippen molar-refractivity contribution in [2.45, 2.75) is 19.8 Å². The molecule has 2 aromatic carbocycles. The number of aryl methyl sites for hydroxylation is 1. The quantitative estimate of drug-likeness (QED) is 0.944. The first-order valence-corrected chi connectivity index (χ1v) is 7.81. The van der Waals surface area contributed by atoms with E-state index < -0.39 is 0 Å². The summed E-state index contributed by atoms with van der Waals surface area (Å²) < 4.78 is 0. The van der Waals surface area contributed by atoms with Crippen LogP contribution in [0.4, 0.5) is 11.4 Å². The smallest absolute Gasteiger partial charge is 0.255 e. The van der Waals surface area contributed by atoms with Crippen LogP contribution < -0.4 is 10.2 Å². The Morgan fingerprint density at radius 1 is 1.25 bits per heavy atom. The number of anilines is 2. The van der Waals surface area contributed by atoms with E-state index in [1.807, 2.05) is 25.1 Å². The van der Waals surface area contributed by atoms with Gasteiger partial charge < -0.3 is 10.2 Å². The molecule has 24 heavy (non-hydrogen) atoms. The van der Waals surface area contributed by atoms with Crippen LogP contribution in [0.25, 0.3) is 0 Å². The van der Waals surface area contributed by atoms with Crippen LogP contribution in [0.2, 0.25) is 0 Å². The Morgan fingerprint density at radius 2 is 2.08 bits per heavy atom. The Bertz CT molecular complexity index is 852. The minimum Gasteiger partial charge on any atom is -0.322 e. The highest BCUT2D eigenvalue weighted by Crippen LogP contribution is 2.27. The third-order valence-corrected chi connectivity index (χ3v) is 4.07. The number of nitrogens with zero attached hydrogens (tertiary/aromatic N) is 2. The van der Waals surface area contributed by atoms with Crippen molar-refractivity contribution in [2.75, 3.05) is 16.8 Å². The second-order valence-corrected chi connectivity index (χ2v) is 5.80. The Balaban J connectivity index is 1.78. The molecule has 2 amide bonds. The van der Waals surface area contributed by atoms with Gasteiger partial charge >= 0.3 is 0 Å². The van der Waals surface area contributed by atoms with E-state index in [1.54, 1.807) is 35.2 Å². The van der Waals surface area contributed by atoms with Crippen LogP contribution in [0.5, 0.6) is 0 Å². The number of benzene rings is 2. The molecule has 5 heteroatoms. The van der Waals surface area contributed by atoms with Crippen molar-refractivity contribution in [1.82, 2.24) is 0 Å². The van der Waals surface area contributed by atoms with Gasteiger partial charge in [-0.25, -0.2) is 0 Å². The Kier molecular flexibility index (Phi) is 4.30. The van der Waals surface area contributed by atoms with E-state index in [0.29, 0.717) is 23.2 Å². The molecule has 0 spiro atoms. The van der Waals surface area contributed by atoms with Crippen molar-refractivity contribution >= 4 is 23.2 Å². The molecule has 0 atom stereocenters. The zero-order valence-corrected chi connectivity index (χ0v) is 13.4. The largest absolute Gasteiger partial charge is 0.322 e. The summed E-state index contributed by atoms with van der Waals surface area (Å²) >= 11 is 0. The number of hydrogen-bond acceptors (Lipinski definition) is 3. The Labute approximate surface area is 140 Å². The molecule has 0 saturated carbocycles. The van der Waals surface area contributed by atoms with Gasteiger partial charge in [-0.1, -0.05) is 6.07 Å². The van der Waals surface area contributed by atoms with E-state index in [4.69, 9.17) is 5.26 Å². The standard InChI is InChI=1S/C19H17N3O2/c1-13-10-16(7-8-17(13)22-9-3-6-18(22)23)21-19(24)15-5-2-4-14(11-15)12-20/h2,4-5,7-8,10-11H,3,6,9H2,1H3,(H,21,24). The first-order chi connectivity index (χ1) is 11.6. The first-order valence-electron chi connectivity index (χ1n) is 7.81. The predicted octanol–water partition coefficient (Wildman–Crippen LogP) is 3.25. The molecule has 0 unspecified atom stereocenters. The predicted molar refractivity (Wildman–Crippen MR) is 91.9 cm³/mol. The van der Waals surface area contributed by atoms with Gasteiger partial charge in [0, 0.05) is 29.9 Å². The van der Waals surface area contributed by atoms with Gasteiger partial charge in [0.25, 0.3) is 5.91 Å². The summed E-state index contributed by atoms with van der Waals surface area (Å²) in [5.74, 6) is -0.125. The van der Waals surface area contributed by atoms with Gasteiger partial charge in [-0.15, -0.1) is 0 Å². The monoisotopic (exact) mass is 319 g/mol. The lowest BCUT2D eigenvalue weighted by atomic mass is 10.1. The zero-order valence-electron chi connectivity index (χ0n) is 13.4. The van der Waals surface area contributed by atoms with E-state index in [-0.39, 0.29) is 11.8 Å². The molecule has 120 valence electrons. The van der Waals surface area contributed by atoms with Crippen LogP contribution in [0.15, 0.2) is 42.5 Å². The highest BCUT2D eigenvalue weighted by atomic mass is 16.2. The molecule has 1 N–H and O–H groups in total. The molecule has 2 aromatic rings. The van der Waals surface area contributed by atoms with Crippen LogP contribution in [0, 0.1) is 18.3 Å². The summed E-state index contributed by atoms with van der Waals surface area (Å²) in [7, 11) is 0. The maximum absolute atomic E-state index is 12.3. The van der Waals surface area contributed by atoms with Crippen LogP contribution in [-0.4, -0.2) is 18.4 Å². The van der Waals surface area contributed by atoms with Crippen LogP contribution in [-0.2, 0) is 4.79 Å². The summed E-state index contributed by atoms with van der Waals surface area (Å²) in [5, 5.41) is 11.7. The van der Waals surface area contributed by atoms with E-state index in [9.17, 15) is 9.59 Å². The highest BCUT2D eigenvalue weighted by molar-refractivity contribution is 6.04. The maximum atomic E-state index is 12.3. The van der Waals surface area contributed by atoms with Gasteiger partial charge in [-0.3, -0.25) is 9.59 Å². The molecule has 0 bridgehead atoms. The minimum absolute atomic E-state index is 0.142. The lowest BCUT2D eigenvalue weighted by Crippen LogP contribution is -2.24. The second kappa shape index (κ2) is 6.55. The average molecular weight is 319 g/mol. The third-order valence-electron chi connectivity index (χ3n) is 4.07. The van der Waals surface area contributed by atoms with Crippen molar-refractivity contribution in [3.8, 4) is 6.07 Å². The van der Waals surface area contributed by atoms with Crippen molar-refractivity contribution in [2.24, 2.45) is 0 Å². The fourth-order valence-corrected chi connectivity index (χ4v) is 2.87. The normalized spacial score (nSPS) is 13.7. The van der Waals surface area contributed by atoms with Crippen LogP contribution in [0.3, 0.4) is 0 Å². The van der Waals surface area contributed by atoms with E-state index in [2.05, 4.69) is 5.32 Å². The average Bonchev–Trinajstić information content (AvgIpc) is 3.01. The molecule has 0 aromatic heterocycles. The summed E-state index contributed by atoms with van der Waals surface area (Å²) in [5.41, 5.74) is 3.37. The zero-order chi connectivity index (χ0) is 17.1. The Hall–Kier alpha value is -3.13. The molecule has 1 aliphatic heterocycles. The van der Waals surface area contributed by atoms with Gasteiger partial charge in [-0.2, -0.15) is 5.26 Å². The van der Waals surface area contributed by atoms with Gasteiger partial charge in [0.2, 0.25) is 5.91 Å². The van der Waals surface area contributed by atoms with Crippen molar-refractivity contribution in [1.29, 1.82) is 5.26 Å². The fourth-order valence-electron chi connectivity index (χ4n) is 2.87. The molecule has 1 aliphatic rings. The molecular formula is C19H17N3O2. The van der Waals surface area contributed by atoms with Gasteiger partial charge in [0.05, 0.1) is 11.6 Å². The van der Waals surface area contributed by atoms with Crippen LogP contribution >= 0.6 is 0 Å². The number of carbonyl (C=O) groups excluding carboxylic acids is 2. The molecule has 1 fully saturated rings. The number of rotatable bonds is 3. The summed E-state index contributed by atoms with van der Waals surface area (Å²) in [6, 6.07) is 14.1. The van der Waals surface area contributed by atoms with Gasteiger partial charge in [-0.05, 0) is 55.3 Å². The second-order valence-electron chi connectivity index (χ2n) is 5.80. The van der Waals surface area contributed by atoms with Crippen molar-refractivity contribution in [3.63, 3.8) is 0 Å². The van der Waals surface area contributed by atoms with E-state index >= 15 is 0 Å². The highest BCUT2D eigenvalue weighted by Gasteiger charge is 2.23. The van der Waals surface area contributed by atoms with Gasteiger partial charge in [0.15, 0.2) is 0 Å². The van der Waals surface area contributed by atoms with E-state index in [0.717, 1.165) is 24.2 Å². The number of carbonyl (C=O) groups is 2. The first kappa shape index (κ1) is 15.8. The molecule has 0 aliphatic carbocycles. The molecule has 5 nitrogen and oxygen atoms in total. The SMILES string of the molecule is Cc1cc(NC(=O)c2cccc(C#N)c2)ccc1N1CCCC1=O. The number of amides is 2. The van der Waals surface area contributed by atoms with E-state index in [1.165, 1.54) is 0 Å². The number of nitriles is 1. The topological polar surface area (TPSA) is 73.2 Å². The summed E-state index contributed by atoms with van der Waals surface area (Å²) in [6.07, 6.45) is 1.47. The minimum atomic E-state index is -0.267. The van der Waals surface area contributed by atoms with Crippen LogP contribution in [0.1, 0.15) is 34.3 Å². The molecule has 3 rings (SSSR count). The number of nitrogens with one attached hydrogen (secondary N) is 1.